The highest BCUT2D eigenvalue weighted by atomic mass is 35.5. The molecule has 1 aliphatic heterocycles. The van der Waals surface area contributed by atoms with Gasteiger partial charge in [0.05, 0.1) is 17.2 Å². The quantitative estimate of drug-likeness (QED) is 0.380. The van der Waals surface area contributed by atoms with Gasteiger partial charge in [0.1, 0.15) is 17.1 Å². The highest BCUT2D eigenvalue weighted by molar-refractivity contribution is 6.32. The van der Waals surface area contributed by atoms with E-state index in [1.54, 1.807) is 4.52 Å². The molecule has 0 radical (unpaired) electrons. The number of esters is 1. The van der Waals surface area contributed by atoms with Gasteiger partial charge in [0.25, 0.3) is 5.78 Å². The first-order valence-corrected chi connectivity index (χ1v) is 13.4. The van der Waals surface area contributed by atoms with Crippen LogP contribution < -0.4 is 4.74 Å². The molecule has 1 fully saturated rings. The topological polar surface area (TPSA) is 98.8 Å². The molecule has 196 valence electrons. The van der Waals surface area contributed by atoms with Crippen LogP contribution in [-0.4, -0.2) is 42.9 Å². The first kappa shape index (κ1) is 25.5. The molecule has 1 aromatic carbocycles. The van der Waals surface area contributed by atoms with Crippen LogP contribution in [0.5, 0.6) is 5.75 Å². The molecule has 1 unspecified atom stereocenters. The molecule has 0 saturated heterocycles. The van der Waals surface area contributed by atoms with Gasteiger partial charge < -0.3 is 14.6 Å². The monoisotopic (exact) mass is 524 g/mol. The van der Waals surface area contributed by atoms with Gasteiger partial charge in [-0.3, -0.25) is 0 Å². The van der Waals surface area contributed by atoms with Crippen molar-refractivity contribution in [2.24, 2.45) is 5.92 Å². The molecule has 37 heavy (non-hydrogen) atoms. The van der Waals surface area contributed by atoms with Crippen LogP contribution in [0.3, 0.4) is 0 Å². The second-order valence-electron chi connectivity index (χ2n) is 10.2. The van der Waals surface area contributed by atoms with Crippen molar-refractivity contribution in [3.05, 3.63) is 63.4 Å². The number of halogens is 1. The van der Waals surface area contributed by atoms with Crippen molar-refractivity contribution in [3.63, 3.8) is 0 Å². The summed E-state index contributed by atoms with van der Waals surface area (Å²) in [5, 5.41) is 16.2. The van der Waals surface area contributed by atoms with Gasteiger partial charge >= 0.3 is 5.97 Å². The van der Waals surface area contributed by atoms with E-state index in [0.29, 0.717) is 48.2 Å². The number of aromatic nitrogens is 4. The second-order valence-corrected chi connectivity index (χ2v) is 10.6. The highest BCUT2D eigenvalue weighted by Crippen LogP contribution is 2.46. The summed E-state index contributed by atoms with van der Waals surface area (Å²) in [6.45, 7) is 6.30. The van der Waals surface area contributed by atoms with Gasteiger partial charge in [-0.05, 0) is 76.1 Å². The minimum Gasteiger partial charge on any atom is -0.512 e. The third-order valence-electron chi connectivity index (χ3n) is 7.59. The SMILES string of the molecule is CCOc1ccc(CCC2(C3CCCC3)CC(O)=C(Cc3nc4nc(C)cc(C)n4n3)C(=O)O2)cc1Cl. The summed E-state index contributed by atoms with van der Waals surface area (Å²) in [6.07, 6.45) is 5.86. The van der Waals surface area contributed by atoms with Crippen molar-refractivity contribution in [3.8, 4) is 5.75 Å². The lowest BCUT2D eigenvalue weighted by Crippen LogP contribution is -2.46. The van der Waals surface area contributed by atoms with Crippen molar-refractivity contribution in [2.75, 3.05) is 6.61 Å². The Morgan fingerprint density at radius 2 is 2.00 bits per heavy atom. The molecule has 3 aromatic rings. The second kappa shape index (κ2) is 10.3. The standard InChI is InChI=1S/C28H33ClN4O4/c1-4-36-24-10-9-19(14-22(24)29)11-12-28(20-7-5-6-8-20)16-23(34)21(26(35)37-28)15-25-31-27-30-17(2)13-18(3)33(27)32-25/h9-10,13-14,20,34H,4-8,11-12,15-16H2,1-3H3. The van der Waals surface area contributed by atoms with Crippen molar-refractivity contribution in [2.45, 2.75) is 77.7 Å². The molecule has 1 aliphatic carbocycles. The van der Waals surface area contributed by atoms with E-state index in [0.717, 1.165) is 42.6 Å². The van der Waals surface area contributed by atoms with E-state index >= 15 is 0 Å². The van der Waals surface area contributed by atoms with Crippen LogP contribution in [0.2, 0.25) is 5.02 Å². The molecule has 5 rings (SSSR count). The molecule has 2 aromatic heterocycles. The number of hydrogen-bond donors (Lipinski definition) is 1. The van der Waals surface area contributed by atoms with Crippen molar-refractivity contribution in [1.29, 1.82) is 0 Å². The Balaban J connectivity index is 1.38. The van der Waals surface area contributed by atoms with Gasteiger partial charge in [0.2, 0.25) is 0 Å². The Bertz CT molecular complexity index is 1360. The van der Waals surface area contributed by atoms with Crippen LogP contribution >= 0.6 is 11.6 Å². The molecule has 0 amide bonds. The first-order valence-electron chi connectivity index (χ1n) is 13.0. The Hall–Kier alpha value is -3.13. The van der Waals surface area contributed by atoms with E-state index in [1.165, 1.54) is 0 Å². The lowest BCUT2D eigenvalue weighted by molar-refractivity contribution is -0.167. The predicted molar refractivity (Wildman–Crippen MR) is 140 cm³/mol. The van der Waals surface area contributed by atoms with Gasteiger partial charge in [-0.15, -0.1) is 5.10 Å². The number of aryl methyl sites for hydroxylation is 3. The molecule has 2 aliphatic rings. The minimum absolute atomic E-state index is 0.0765. The fourth-order valence-electron chi connectivity index (χ4n) is 5.76. The van der Waals surface area contributed by atoms with Gasteiger partial charge in [0.15, 0.2) is 5.82 Å². The maximum atomic E-state index is 13.3. The number of hydrogen-bond acceptors (Lipinski definition) is 7. The fourth-order valence-corrected chi connectivity index (χ4v) is 6.01. The minimum atomic E-state index is -0.742. The van der Waals surface area contributed by atoms with Crippen LogP contribution in [0, 0.1) is 19.8 Å². The highest BCUT2D eigenvalue weighted by Gasteiger charge is 2.48. The molecule has 9 heteroatoms. The lowest BCUT2D eigenvalue weighted by Gasteiger charge is -2.41. The number of benzene rings is 1. The molecule has 0 bridgehead atoms. The Labute approximate surface area is 221 Å². The summed E-state index contributed by atoms with van der Waals surface area (Å²) in [6, 6.07) is 7.71. The third-order valence-corrected chi connectivity index (χ3v) is 7.88. The Morgan fingerprint density at radius 3 is 2.70 bits per heavy atom. The number of aliphatic hydroxyl groups is 1. The maximum Gasteiger partial charge on any atom is 0.338 e. The van der Waals surface area contributed by atoms with Crippen molar-refractivity contribution >= 4 is 23.3 Å². The normalized spacial score (nSPS) is 20.6. The summed E-state index contributed by atoms with van der Waals surface area (Å²) < 4.78 is 13.5. The van der Waals surface area contributed by atoms with Gasteiger partial charge in [-0.25, -0.2) is 14.3 Å². The molecule has 3 heterocycles. The number of rotatable bonds is 8. The number of ether oxygens (including phenoxy) is 2. The van der Waals surface area contributed by atoms with Crippen LogP contribution in [0.25, 0.3) is 5.78 Å². The summed E-state index contributed by atoms with van der Waals surface area (Å²) in [5.74, 6) is 1.37. The number of cyclic esters (lactones) is 1. The maximum absolute atomic E-state index is 13.3. The molecule has 0 spiro atoms. The Morgan fingerprint density at radius 1 is 1.22 bits per heavy atom. The van der Waals surface area contributed by atoms with Gasteiger partial charge in [-0.2, -0.15) is 4.98 Å². The number of carbonyl (C=O) groups is 1. The molecular weight excluding hydrogens is 492 g/mol. The first-order chi connectivity index (χ1) is 17.8. The molecule has 1 saturated carbocycles. The van der Waals surface area contributed by atoms with E-state index in [2.05, 4.69) is 15.1 Å². The average Bonchev–Trinajstić information content (AvgIpc) is 3.53. The van der Waals surface area contributed by atoms with Crippen molar-refractivity contribution < 1.29 is 19.4 Å². The zero-order valence-corrected chi connectivity index (χ0v) is 22.3. The zero-order chi connectivity index (χ0) is 26.2. The van der Waals surface area contributed by atoms with E-state index in [9.17, 15) is 9.90 Å². The number of aliphatic hydroxyl groups excluding tert-OH is 1. The van der Waals surface area contributed by atoms with Crippen LogP contribution in [0.1, 0.15) is 68.2 Å². The van der Waals surface area contributed by atoms with Crippen LogP contribution in [-0.2, 0) is 22.4 Å². The molecule has 1 atom stereocenters. The smallest absolute Gasteiger partial charge is 0.338 e. The van der Waals surface area contributed by atoms with E-state index in [4.69, 9.17) is 21.1 Å². The van der Waals surface area contributed by atoms with Gasteiger partial charge in [-0.1, -0.05) is 30.5 Å². The van der Waals surface area contributed by atoms with E-state index in [-0.39, 0.29) is 23.7 Å². The molecule has 1 N–H and O–H groups in total. The molecule has 8 nitrogen and oxygen atoms in total. The summed E-state index contributed by atoms with van der Waals surface area (Å²) in [7, 11) is 0. The average molecular weight is 525 g/mol. The number of nitrogens with zero attached hydrogens (tertiary/aromatic N) is 4. The summed E-state index contributed by atoms with van der Waals surface area (Å²) in [4.78, 5) is 22.2. The van der Waals surface area contributed by atoms with E-state index < -0.39 is 11.6 Å². The predicted octanol–water partition coefficient (Wildman–Crippen LogP) is 5.66. The summed E-state index contributed by atoms with van der Waals surface area (Å²) in [5.41, 5.74) is 2.28. The number of carbonyl (C=O) groups excluding carboxylic acids is 1. The van der Waals surface area contributed by atoms with E-state index in [1.807, 2.05) is 45.0 Å². The largest absolute Gasteiger partial charge is 0.512 e. The Kier molecular flexibility index (Phi) is 7.12. The zero-order valence-electron chi connectivity index (χ0n) is 21.6. The summed E-state index contributed by atoms with van der Waals surface area (Å²) >= 11 is 6.41. The third kappa shape index (κ3) is 5.17. The molecular formula is C28H33ClN4O4. The lowest BCUT2D eigenvalue weighted by atomic mass is 9.76. The van der Waals surface area contributed by atoms with Crippen LogP contribution in [0.4, 0.5) is 0 Å². The number of fused-ring (bicyclic) bond motifs is 1. The van der Waals surface area contributed by atoms with Gasteiger partial charge in [0, 0.05) is 24.2 Å². The van der Waals surface area contributed by atoms with Crippen LogP contribution in [0.15, 0.2) is 35.6 Å². The fraction of sp³-hybridized carbons (Fsp3) is 0.500. The van der Waals surface area contributed by atoms with Crippen molar-refractivity contribution in [1.82, 2.24) is 19.6 Å².